The molecule has 0 aromatic heterocycles. The van der Waals surface area contributed by atoms with Gasteiger partial charge in [-0.3, -0.25) is 0 Å². The summed E-state index contributed by atoms with van der Waals surface area (Å²) in [5.41, 5.74) is 0.772. The van der Waals surface area contributed by atoms with Crippen molar-refractivity contribution in [3.8, 4) is 11.5 Å². The molecule has 5 heteroatoms. The predicted octanol–water partition coefficient (Wildman–Crippen LogP) is 4.44. The van der Waals surface area contributed by atoms with Gasteiger partial charge < -0.3 is 14.2 Å². The molecule has 1 rings (SSSR count). The maximum Gasteiger partial charge on any atom is 0.165 e. The van der Waals surface area contributed by atoms with Crippen molar-refractivity contribution < 1.29 is 14.2 Å². The Labute approximate surface area is 128 Å². The van der Waals surface area contributed by atoms with Crippen LogP contribution < -0.4 is 9.47 Å². The zero-order valence-corrected chi connectivity index (χ0v) is 14.1. The van der Waals surface area contributed by atoms with Gasteiger partial charge in [-0.25, -0.2) is 0 Å². The summed E-state index contributed by atoms with van der Waals surface area (Å²) in [7, 11) is 3.31. The molecular weight excluding hydrogens is 332 g/mol. The molecule has 19 heavy (non-hydrogen) atoms. The fourth-order valence-electron chi connectivity index (χ4n) is 1.54. The summed E-state index contributed by atoms with van der Waals surface area (Å²) >= 11 is 9.46. The third kappa shape index (κ3) is 4.86. The highest BCUT2D eigenvalue weighted by molar-refractivity contribution is 9.08. The van der Waals surface area contributed by atoms with Gasteiger partial charge in [0.05, 0.1) is 19.3 Å². The molecule has 1 aromatic rings. The molecular formula is C14H20BrClO3. The van der Waals surface area contributed by atoms with Crippen molar-refractivity contribution in [2.45, 2.75) is 31.2 Å². The number of methoxy groups -OCH3 is 2. The standard InChI is InChI=1S/C14H20BrClO3/c1-14(2,18-4)5-6-19-13-10(9-15)7-11(16)8-12(13)17-3/h7-8H,5-6,9H2,1-4H3. The lowest BCUT2D eigenvalue weighted by Crippen LogP contribution is -2.25. The van der Waals surface area contributed by atoms with Gasteiger partial charge in [-0.05, 0) is 19.9 Å². The SMILES string of the molecule is COc1cc(Cl)cc(CBr)c1OCCC(C)(C)OC. The summed E-state index contributed by atoms with van der Waals surface area (Å²) in [5.74, 6) is 1.38. The first-order valence-corrected chi connectivity index (χ1v) is 7.54. The predicted molar refractivity (Wildman–Crippen MR) is 81.8 cm³/mol. The Morgan fingerprint density at radius 2 is 1.95 bits per heavy atom. The van der Waals surface area contributed by atoms with E-state index in [2.05, 4.69) is 15.9 Å². The number of alkyl halides is 1. The Morgan fingerprint density at radius 3 is 2.47 bits per heavy atom. The maximum absolute atomic E-state index is 6.03. The molecule has 0 aliphatic carbocycles. The first-order chi connectivity index (χ1) is 8.93. The van der Waals surface area contributed by atoms with E-state index in [1.165, 1.54) is 0 Å². The fourth-order valence-corrected chi connectivity index (χ4v) is 2.19. The molecule has 0 unspecified atom stereocenters. The maximum atomic E-state index is 6.03. The molecule has 0 fully saturated rings. The number of ether oxygens (including phenoxy) is 3. The molecule has 3 nitrogen and oxygen atoms in total. The third-order valence-corrected chi connectivity index (χ3v) is 3.79. The highest BCUT2D eigenvalue weighted by Crippen LogP contribution is 2.36. The first-order valence-electron chi connectivity index (χ1n) is 6.04. The van der Waals surface area contributed by atoms with Crippen LogP contribution in [-0.2, 0) is 10.1 Å². The molecule has 0 aliphatic rings. The van der Waals surface area contributed by atoms with Crippen molar-refractivity contribution in [1.29, 1.82) is 0 Å². The highest BCUT2D eigenvalue weighted by Gasteiger charge is 2.18. The molecule has 0 heterocycles. The van der Waals surface area contributed by atoms with E-state index in [1.807, 2.05) is 19.9 Å². The van der Waals surface area contributed by atoms with E-state index in [4.69, 9.17) is 25.8 Å². The quantitative estimate of drug-likeness (QED) is 0.680. The highest BCUT2D eigenvalue weighted by atomic mass is 79.9. The van der Waals surface area contributed by atoms with E-state index in [0.29, 0.717) is 22.7 Å². The van der Waals surface area contributed by atoms with Gasteiger partial charge in [0, 0.05) is 35.5 Å². The number of benzene rings is 1. The molecule has 0 atom stereocenters. The van der Waals surface area contributed by atoms with Crippen LogP contribution in [0.1, 0.15) is 25.8 Å². The van der Waals surface area contributed by atoms with Gasteiger partial charge in [-0.2, -0.15) is 0 Å². The van der Waals surface area contributed by atoms with E-state index in [1.54, 1.807) is 20.3 Å². The van der Waals surface area contributed by atoms with Crippen LogP contribution in [-0.4, -0.2) is 26.4 Å². The monoisotopic (exact) mass is 350 g/mol. The van der Waals surface area contributed by atoms with Gasteiger partial charge in [0.2, 0.25) is 0 Å². The van der Waals surface area contributed by atoms with Gasteiger partial charge in [-0.15, -0.1) is 0 Å². The van der Waals surface area contributed by atoms with Crippen LogP contribution in [0.2, 0.25) is 5.02 Å². The summed E-state index contributed by atoms with van der Waals surface area (Å²) in [4.78, 5) is 0. The van der Waals surface area contributed by atoms with Crippen LogP contribution >= 0.6 is 27.5 Å². The first kappa shape index (κ1) is 16.6. The summed E-state index contributed by atoms with van der Waals surface area (Å²) in [6.07, 6.45) is 0.789. The zero-order valence-electron chi connectivity index (χ0n) is 11.8. The van der Waals surface area contributed by atoms with Gasteiger partial charge in [0.1, 0.15) is 0 Å². The molecule has 108 valence electrons. The Hall–Kier alpha value is -0.450. The number of rotatable bonds is 7. The van der Waals surface area contributed by atoms with Crippen molar-refractivity contribution in [3.05, 3.63) is 22.7 Å². The molecule has 0 bridgehead atoms. The van der Waals surface area contributed by atoms with Gasteiger partial charge in [0.15, 0.2) is 11.5 Å². The van der Waals surface area contributed by atoms with Crippen LogP contribution in [0.4, 0.5) is 0 Å². The van der Waals surface area contributed by atoms with E-state index in [-0.39, 0.29) is 5.60 Å². The molecule has 0 N–H and O–H groups in total. The molecule has 0 aliphatic heterocycles. The van der Waals surface area contributed by atoms with Crippen LogP contribution in [0.3, 0.4) is 0 Å². The summed E-state index contributed by atoms with van der Waals surface area (Å²) in [6.45, 7) is 4.61. The second-order valence-corrected chi connectivity index (χ2v) is 5.79. The molecule has 0 amide bonds. The molecule has 0 radical (unpaired) electrons. The number of hydrogen-bond donors (Lipinski definition) is 0. The normalized spacial score (nSPS) is 11.5. The van der Waals surface area contributed by atoms with Gasteiger partial charge >= 0.3 is 0 Å². The Morgan fingerprint density at radius 1 is 1.26 bits per heavy atom. The van der Waals surface area contributed by atoms with E-state index in [0.717, 1.165) is 17.7 Å². The van der Waals surface area contributed by atoms with Crippen molar-refractivity contribution >= 4 is 27.5 Å². The van der Waals surface area contributed by atoms with Crippen molar-refractivity contribution in [2.75, 3.05) is 20.8 Å². The number of halogens is 2. The third-order valence-electron chi connectivity index (χ3n) is 2.96. The summed E-state index contributed by atoms with van der Waals surface area (Å²) in [6, 6.07) is 3.63. The summed E-state index contributed by atoms with van der Waals surface area (Å²) < 4.78 is 16.5. The molecule has 0 saturated heterocycles. The van der Waals surface area contributed by atoms with Gasteiger partial charge in [0.25, 0.3) is 0 Å². The average molecular weight is 352 g/mol. The largest absolute Gasteiger partial charge is 0.493 e. The van der Waals surface area contributed by atoms with Crippen LogP contribution in [0.25, 0.3) is 0 Å². The van der Waals surface area contributed by atoms with Crippen molar-refractivity contribution in [1.82, 2.24) is 0 Å². The number of hydrogen-bond acceptors (Lipinski definition) is 3. The minimum Gasteiger partial charge on any atom is -0.493 e. The molecule has 0 saturated carbocycles. The second-order valence-electron chi connectivity index (χ2n) is 4.79. The fraction of sp³-hybridized carbons (Fsp3) is 0.571. The molecule has 0 spiro atoms. The van der Waals surface area contributed by atoms with Crippen molar-refractivity contribution in [2.24, 2.45) is 0 Å². The Kier molecular flexibility index (Phi) is 6.43. The summed E-state index contributed by atoms with van der Waals surface area (Å²) in [5, 5.41) is 1.29. The average Bonchev–Trinajstić information content (AvgIpc) is 2.39. The van der Waals surface area contributed by atoms with Crippen molar-refractivity contribution in [3.63, 3.8) is 0 Å². The lowest BCUT2D eigenvalue weighted by Gasteiger charge is -2.23. The van der Waals surface area contributed by atoms with E-state index in [9.17, 15) is 0 Å². The Balaban J connectivity index is 2.82. The lowest BCUT2D eigenvalue weighted by atomic mass is 10.1. The minimum absolute atomic E-state index is 0.200. The Bertz CT molecular complexity index is 396. The lowest BCUT2D eigenvalue weighted by molar-refractivity contribution is 0.00519. The minimum atomic E-state index is -0.200. The zero-order chi connectivity index (χ0) is 14.5. The van der Waals surface area contributed by atoms with Crippen LogP contribution in [0.5, 0.6) is 11.5 Å². The van der Waals surface area contributed by atoms with Crippen LogP contribution in [0, 0.1) is 0 Å². The smallest absolute Gasteiger partial charge is 0.165 e. The van der Waals surface area contributed by atoms with E-state index >= 15 is 0 Å². The second kappa shape index (κ2) is 7.36. The van der Waals surface area contributed by atoms with Gasteiger partial charge in [-0.1, -0.05) is 27.5 Å². The molecule has 1 aromatic carbocycles. The van der Waals surface area contributed by atoms with Crippen LogP contribution in [0.15, 0.2) is 12.1 Å². The topological polar surface area (TPSA) is 27.7 Å². The van der Waals surface area contributed by atoms with E-state index < -0.39 is 0 Å².